The second kappa shape index (κ2) is 13.5. The summed E-state index contributed by atoms with van der Waals surface area (Å²) >= 11 is 10.4. The Morgan fingerprint density at radius 2 is 1.92 bits per heavy atom. The van der Waals surface area contributed by atoms with E-state index in [2.05, 4.69) is 41.2 Å². The van der Waals surface area contributed by atoms with Gasteiger partial charge in [0.1, 0.15) is 3.53 Å². The highest BCUT2D eigenvalue weighted by Crippen LogP contribution is 2.36. The van der Waals surface area contributed by atoms with Gasteiger partial charge < -0.3 is 10.6 Å². The molecular formula is C18H23N3O2S3. The molecule has 0 fully saturated rings. The number of thioether (sulfide) groups is 1. The third-order valence-corrected chi connectivity index (χ3v) is 5.46. The number of hydrogen-bond acceptors (Lipinski definition) is 5. The number of unbranched alkanes of at least 4 members (excludes halogenated alkanes) is 1. The van der Waals surface area contributed by atoms with Crippen molar-refractivity contribution >= 4 is 52.0 Å². The third-order valence-electron chi connectivity index (χ3n) is 3.68. The molecule has 0 aromatic heterocycles. The Morgan fingerprint density at radius 1 is 1.27 bits per heavy atom. The van der Waals surface area contributed by atoms with Gasteiger partial charge in [0, 0.05) is 31.1 Å². The molecule has 0 aromatic rings. The summed E-state index contributed by atoms with van der Waals surface area (Å²) in [6, 6.07) is 2.26. The number of terminal acetylenes is 2. The Bertz CT molecular complexity index is 631. The maximum Gasteiger partial charge on any atom is 0.220 e. The number of carbonyl (C=O) groups is 2. The number of rotatable bonds is 11. The molecule has 0 heterocycles. The summed E-state index contributed by atoms with van der Waals surface area (Å²) in [5.41, 5.74) is -0.878. The van der Waals surface area contributed by atoms with Crippen LogP contribution in [0.2, 0.25) is 0 Å². The highest BCUT2D eigenvalue weighted by atomic mass is 32.2. The standard InChI is InChI=1S/C18H23N3O2S3/c1-4-6-7-8-15(22)21-12-14(26-17(24)25)18(3,13-19)10-9-16(23)20-11-5-2/h1-2,14H,6-12H2,3H3,(H,20,23)(H,21,22)(H,24,25). The molecule has 0 spiro atoms. The lowest BCUT2D eigenvalue weighted by atomic mass is 9.83. The van der Waals surface area contributed by atoms with Crippen LogP contribution in [0.15, 0.2) is 0 Å². The highest BCUT2D eigenvalue weighted by molar-refractivity contribution is 8.41. The average Bonchev–Trinajstić information content (AvgIpc) is 2.61. The van der Waals surface area contributed by atoms with Gasteiger partial charge in [-0.05, 0) is 19.8 Å². The minimum absolute atomic E-state index is 0.136. The van der Waals surface area contributed by atoms with Crippen LogP contribution in [0.5, 0.6) is 0 Å². The van der Waals surface area contributed by atoms with Gasteiger partial charge >= 0.3 is 0 Å². The summed E-state index contributed by atoms with van der Waals surface area (Å²) in [6.45, 7) is 2.14. The van der Waals surface area contributed by atoms with Crippen LogP contribution in [0.3, 0.4) is 0 Å². The lowest BCUT2D eigenvalue weighted by molar-refractivity contribution is -0.122. The van der Waals surface area contributed by atoms with Crippen molar-refractivity contribution in [2.75, 3.05) is 13.1 Å². The quantitative estimate of drug-likeness (QED) is 0.211. The predicted molar refractivity (Wildman–Crippen MR) is 113 cm³/mol. The van der Waals surface area contributed by atoms with Gasteiger partial charge in [0.2, 0.25) is 11.8 Å². The summed E-state index contributed by atoms with van der Waals surface area (Å²) in [7, 11) is 0. The third kappa shape index (κ3) is 10.4. The molecule has 2 unspecified atom stereocenters. The van der Waals surface area contributed by atoms with Crippen molar-refractivity contribution in [2.45, 2.75) is 44.3 Å². The van der Waals surface area contributed by atoms with Gasteiger partial charge in [0.05, 0.1) is 18.0 Å². The zero-order valence-electron chi connectivity index (χ0n) is 14.7. The van der Waals surface area contributed by atoms with Crippen LogP contribution in [0, 0.1) is 41.4 Å². The van der Waals surface area contributed by atoms with Crippen LogP contribution >= 0.6 is 36.6 Å². The van der Waals surface area contributed by atoms with E-state index < -0.39 is 5.41 Å². The number of thiocarbonyl (C=S) groups is 1. The van der Waals surface area contributed by atoms with E-state index in [0.29, 0.717) is 29.2 Å². The van der Waals surface area contributed by atoms with Crippen molar-refractivity contribution in [3.05, 3.63) is 0 Å². The molecule has 0 aromatic carbocycles. The Morgan fingerprint density at radius 3 is 2.46 bits per heavy atom. The maximum absolute atomic E-state index is 11.9. The Balaban J connectivity index is 4.87. The highest BCUT2D eigenvalue weighted by Gasteiger charge is 2.36. The molecule has 0 radical (unpaired) electrons. The molecule has 0 saturated carbocycles. The van der Waals surface area contributed by atoms with Crippen LogP contribution in [-0.2, 0) is 9.59 Å². The van der Waals surface area contributed by atoms with Crippen LogP contribution < -0.4 is 10.6 Å². The molecule has 140 valence electrons. The largest absolute Gasteiger partial charge is 0.355 e. The molecule has 0 bridgehead atoms. The van der Waals surface area contributed by atoms with E-state index in [1.165, 1.54) is 11.8 Å². The summed E-state index contributed by atoms with van der Waals surface area (Å²) in [5, 5.41) is 14.7. The predicted octanol–water partition coefficient (Wildman–Crippen LogP) is 2.28. The molecule has 2 N–H and O–H groups in total. The van der Waals surface area contributed by atoms with Gasteiger partial charge in [-0.3, -0.25) is 9.59 Å². The lowest BCUT2D eigenvalue weighted by Crippen LogP contribution is -2.40. The molecule has 5 nitrogen and oxygen atoms in total. The molecule has 2 amide bonds. The number of carbonyl (C=O) groups excluding carboxylic acids is 2. The van der Waals surface area contributed by atoms with Crippen molar-refractivity contribution in [1.82, 2.24) is 10.6 Å². The SMILES string of the molecule is C#CCCCC(=O)NCC(SC(=S)S)C(C)(C#N)CCC(=O)NCC#C. The van der Waals surface area contributed by atoms with E-state index in [9.17, 15) is 14.9 Å². The second-order valence-corrected chi connectivity index (χ2v) is 8.68. The zero-order valence-corrected chi connectivity index (χ0v) is 17.2. The molecule has 0 saturated heterocycles. The monoisotopic (exact) mass is 409 g/mol. The Kier molecular flexibility index (Phi) is 12.7. The maximum atomic E-state index is 11.9. The van der Waals surface area contributed by atoms with Crippen molar-refractivity contribution in [2.24, 2.45) is 5.41 Å². The summed E-state index contributed by atoms with van der Waals surface area (Å²) < 4.78 is 0.370. The zero-order chi connectivity index (χ0) is 20.0. The van der Waals surface area contributed by atoms with E-state index >= 15 is 0 Å². The van der Waals surface area contributed by atoms with E-state index in [0.717, 1.165) is 0 Å². The molecule has 2 atom stereocenters. The summed E-state index contributed by atoms with van der Waals surface area (Å²) in [4.78, 5) is 23.7. The number of hydrogen-bond donors (Lipinski definition) is 3. The summed E-state index contributed by atoms with van der Waals surface area (Å²) in [6.07, 6.45) is 12.2. The number of nitrogens with zero attached hydrogens (tertiary/aromatic N) is 1. The fraction of sp³-hybridized carbons (Fsp3) is 0.556. The number of thiol groups is 1. The van der Waals surface area contributed by atoms with Gasteiger partial charge in [-0.15, -0.1) is 43.2 Å². The first-order chi connectivity index (χ1) is 12.3. The first-order valence-corrected chi connectivity index (χ1v) is 9.73. The summed E-state index contributed by atoms with van der Waals surface area (Å²) in [5.74, 6) is 4.45. The average molecular weight is 410 g/mol. The first kappa shape index (κ1) is 24.3. The smallest absolute Gasteiger partial charge is 0.220 e. The van der Waals surface area contributed by atoms with Crippen LogP contribution in [-0.4, -0.2) is 33.7 Å². The van der Waals surface area contributed by atoms with E-state index in [1.54, 1.807) is 6.92 Å². The first-order valence-electron chi connectivity index (χ1n) is 8.00. The van der Waals surface area contributed by atoms with E-state index in [-0.39, 0.29) is 36.6 Å². The van der Waals surface area contributed by atoms with Gasteiger partial charge in [0.15, 0.2) is 0 Å². The molecule has 8 heteroatoms. The number of nitriles is 1. The van der Waals surface area contributed by atoms with Crippen LogP contribution in [0.4, 0.5) is 0 Å². The van der Waals surface area contributed by atoms with Gasteiger partial charge in [-0.1, -0.05) is 18.1 Å². The second-order valence-electron chi connectivity index (χ2n) is 5.74. The molecule has 26 heavy (non-hydrogen) atoms. The minimum Gasteiger partial charge on any atom is -0.355 e. The van der Waals surface area contributed by atoms with Crippen molar-refractivity contribution in [3.8, 4) is 30.8 Å². The fourth-order valence-corrected chi connectivity index (χ4v) is 3.64. The number of amides is 2. The van der Waals surface area contributed by atoms with Crippen molar-refractivity contribution in [3.63, 3.8) is 0 Å². The molecule has 0 aliphatic rings. The molecule has 0 aliphatic heterocycles. The van der Waals surface area contributed by atoms with Gasteiger partial charge in [-0.2, -0.15) is 5.26 Å². The normalized spacial score (nSPS) is 13.2. The fourth-order valence-electron chi connectivity index (χ4n) is 2.06. The Labute approximate surface area is 170 Å². The van der Waals surface area contributed by atoms with Gasteiger partial charge in [-0.25, -0.2) is 0 Å². The minimum atomic E-state index is -0.878. The van der Waals surface area contributed by atoms with Crippen LogP contribution in [0.25, 0.3) is 0 Å². The number of nitrogens with one attached hydrogen (secondary N) is 2. The molecule has 0 rings (SSSR count). The lowest BCUT2D eigenvalue weighted by Gasteiger charge is -2.31. The molecular weight excluding hydrogens is 386 g/mol. The van der Waals surface area contributed by atoms with Gasteiger partial charge in [0.25, 0.3) is 0 Å². The topological polar surface area (TPSA) is 82.0 Å². The Hall–Kier alpha value is -1.66. The van der Waals surface area contributed by atoms with E-state index in [4.69, 9.17) is 25.1 Å². The van der Waals surface area contributed by atoms with Crippen molar-refractivity contribution < 1.29 is 9.59 Å². The van der Waals surface area contributed by atoms with Crippen LogP contribution in [0.1, 0.15) is 39.0 Å². The molecule has 0 aliphatic carbocycles. The van der Waals surface area contributed by atoms with Crippen molar-refractivity contribution in [1.29, 1.82) is 5.26 Å². The van der Waals surface area contributed by atoms with E-state index in [1.807, 2.05) is 0 Å².